The second kappa shape index (κ2) is 11.2. The fraction of sp³-hybridized carbons (Fsp3) is 0. The average Bonchev–Trinajstić information content (AvgIpc) is 3.73. The summed E-state index contributed by atoms with van der Waals surface area (Å²) < 4.78 is 9.01. The molecule has 0 fully saturated rings. The Bertz CT molecular complexity index is 2830. The highest BCUT2D eigenvalue weighted by molar-refractivity contribution is 7.26. The van der Waals surface area contributed by atoms with E-state index in [1.165, 1.54) is 53.2 Å². The monoisotopic (exact) mass is 643 g/mol. The summed E-state index contributed by atoms with van der Waals surface area (Å²) in [5, 5.41) is 7.29. The van der Waals surface area contributed by atoms with Crippen molar-refractivity contribution < 1.29 is 4.42 Å². The Labute approximate surface area is 287 Å². The molecule has 0 radical (unpaired) electrons. The summed E-state index contributed by atoms with van der Waals surface area (Å²) in [6, 6.07) is 63.2. The van der Waals surface area contributed by atoms with Crippen LogP contribution in [0.2, 0.25) is 0 Å². The summed E-state index contributed by atoms with van der Waals surface area (Å²) in [6.45, 7) is 0. The molecule has 0 saturated carbocycles. The smallest absolute Gasteiger partial charge is 0.137 e. The first kappa shape index (κ1) is 27.9. The van der Waals surface area contributed by atoms with Gasteiger partial charge in [0.1, 0.15) is 11.2 Å². The van der Waals surface area contributed by atoms with E-state index in [1.54, 1.807) is 0 Å². The lowest BCUT2D eigenvalue weighted by atomic mass is 10.0. The Morgan fingerprint density at radius 2 is 1.06 bits per heavy atom. The van der Waals surface area contributed by atoms with Crippen LogP contribution in [0.4, 0.5) is 17.1 Å². The molecule has 49 heavy (non-hydrogen) atoms. The molecule has 0 amide bonds. The van der Waals surface area contributed by atoms with Crippen molar-refractivity contribution >= 4 is 81.3 Å². The molecular formula is C46H29NOS. The van der Waals surface area contributed by atoms with Crippen molar-refractivity contribution in [3.63, 3.8) is 0 Å². The maximum atomic E-state index is 6.43. The Balaban J connectivity index is 1.23. The van der Waals surface area contributed by atoms with Crippen LogP contribution in [-0.4, -0.2) is 0 Å². The third-order valence-electron chi connectivity index (χ3n) is 9.64. The summed E-state index contributed by atoms with van der Waals surface area (Å²) in [7, 11) is 0. The standard InChI is InChI=1S/C46H29NOS/c1-3-11-30(12-4-1)33-16-9-17-35(27-33)47(36-23-26-38-37-18-7-8-20-42(37)48-43(38)29-36)41-19-10-15-32-21-25-40-39-24-22-34(31-13-5-2-6-14-31)28-44(39)49-46(40)45(32)41/h1-29H. The van der Waals surface area contributed by atoms with Gasteiger partial charge in [0, 0.05) is 53.8 Å². The van der Waals surface area contributed by atoms with E-state index in [1.807, 2.05) is 23.5 Å². The van der Waals surface area contributed by atoms with Crippen LogP contribution < -0.4 is 4.90 Å². The fourth-order valence-electron chi connectivity index (χ4n) is 7.32. The second-order valence-corrected chi connectivity index (χ2v) is 13.6. The van der Waals surface area contributed by atoms with Gasteiger partial charge in [-0.3, -0.25) is 0 Å². The third kappa shape index (κ3) is 4.62. The first-order chi connectivity index (χ1) is 24.3. The summed E-state index contributed by atoms with van der Waals surface area (Å²) >= 11 is 1.88. The van der Waals surface area contributed by atoms with E-state index in [-0.39, 0.29) is 0 Å². The van der Waals surface area contributed by atoms with Gasteiger partial charge < -0.3 is 9.32 Å². The van der Waals surface area contributed by atoms with Gasteiger partial charge >= 0.3 is 0 Å². The lowest BCUT2D eigenvalue weighted by Crippen LogP contribution is -2.10. The van der Waals surface area contributed by atoms with Crippen LogP contribution in [0.15, 0.2) is 180 Å². The lowest BCUT2D eigenvalue weighted by Gasteiger charge is -2.27. The summed E-state index contributed by atoms with van der Waals surface area (Å²) in [5.41, 5.74) is 9.90. The van der Waals surface area contributed by atoms with Gasteiger partial charge in [-0.25, -0.2) is 0 Å². The van der Waals surface area contributed by atoms with Crippen LogP contribution in [0.5, 0.6) is 0 Å². The number of furan rings is 1. The molecule has 0 aliphatic carbocycles. The highest BCUT2D eigenvalue weighted by atomic mass is 32.1. The SMILES string of the molecule is c1ccc(-c2cccc(N(c3ccc4c(c3)oc3ccccc34)c3cccc4ccc5c6ccc(-c7ccccc7)cc6sc5c34)c2)cc1. The van der Waals surface area contributed by atoms with Crippen molar-refractivity contribution in [2.75, 3.05) is 4.90 Å². The van der Waals surface area contributed by atoms with Gasteiger partial charge in [0.15, 0.2) is 0 Å². The van der Waals surface area contributed by atoms with Crippen LogP contribution in [-0.2, 0) is 0 Å². The number of hydrogen-bond donors (Lipinski definition) is 0. The number of benzene rings is 8. The average molecular weight is 644 g/mol. The molecule has 0 unspecified atom stereocenters. The van der Waals surface area contributed by atoms with Crippen molar-refractivity contribution in [3.8, 4) is 22.3 Å². The number of para-hydroxylation sites is 1. The van der Waals surface area contributed by atoms with Crippen LogP contribution >= 0.6 is 11.3 Å². The van der Waals surface area contributed by atoms with Crippen LogP contribution in [0.25, 0.3) is 75.1 Å². The summed E-state index contributed by atoms with van der Waals surface area (Å²) in [6.07, 6.45) is 0. The minimum absolute atomic E-state index is 0.878. The van der Waals surface area contributed by atoms with Gasteiger partial charge in [-0.2, -0.15) is 0 Å². The molecule has 3 heteroatoms. The second-order valence-electron chi connectivity index (χ2n) is 12.5. The highest BCUT2D eigenvalue weighted by Gasteiger charge is 2.21. The zero-order valence-electron chi connectivity index (χ0n) is 26.5. The van der Waals surface area contributed by atoms with Gasteiger partial charge in [-0.1, -0.05) is 127 Å². The minimum Gasteiger partial charge on any atom is -0.456 e. The van der Waals surface area contributed by atoms with Gasteiger partial charge in [-0.15, -0.1) is 11.3 Å². The molecule has 0 atom stereocenters. The van der Waals surface area contributed by atoms with Gasteiger partial charge in [0.05, 0.1) is 5.69 Å². The zero-order chi connectivity index (χ0) is 32.3. The number of anilines is 3. The molecule has 0 saturated heterocycles. The Hall–Kier alpha value is -6.16. The van der Waals surface area contributed by atoms with E-state index < -0.39 is 0 Å². The molecule has 10 aromatic rings. The number of hydrogen-bond acceptors (Lipinski definition) is 3. The molecule has 2 nitrogen and oxygen atoms in total. The molecule has 2 aromatic heterocycles. The molecule has 8 aromatic carbocycles. The third-order valence-corrected chi connectivity index (χ3v) is 10.8. The van der Waals surface area contributed by atoms with E-state index in [2.05, 4.69) is 169 Å². The minimum atomic E-state index is 0.878. The Morgan fingerprint density at radius 3 is 1.90 bits per heavy atom. The highest BCUT2D eigenvalue weighted by Crippen LogP contribution is 2.47. The molecule has 0 N–H and O–H groups in total. The molecule has 2 heterocycles. The fourth-order valence-corrected chi connectivity index (χ4v) is 8.62. The molecule has 0 bridgehead atoms. The number of fused-ring (bicyclic) bond motifs is 8. The van der Waals surface area contributed by atoms with Gasteiger partial charge in [0.25, 0.3) is 0 Å². The number of rotatable bonds is 5. The van der Waals surface area contributed by atoms with Crippen molar-refractivity contribution in [3.05, 3.63) is 176 Å². The van der Waals surface area contributed by atoms with Gasteiger partial charge in [0.2, 0.25) is 0 Å². The number of thiophene rings is 1. The van der Waals surface area contributed by atoms with E-state index in [4.69, 9.17) is 4.42 Å². The first-order valence-electron chi connectivity index (χ1n) is 16.6. The van der Waals surface area contributed by atoms with Crippen LogP contribution in [0.1, 0.15) is 0 Å². The van der Waals surface area contributed by atoms with Crippen molar-refractivity contribution in [2.24, 2.45) is 0 Å². The van der Waals surface area contributed by atoms with E-state index in [9.17, 15) is 0 Å². The maximum Gasteiger partial charge on any atom is 0.137 e. The summed E-state index contributed by atoms with van der Waals surface area (Å²) in [4.78, 5) is 2.40. The quantitative estimate of drug-likeness (QED) is 0.186. The van der Waals surface area contributed by atoms with E-state index in [0.29, 0.717) is 0 Å². The molecule has 0 aliphatic heterocycles. The predicted octanol–water partition coefficient (Wildman–Crippen LogP) is 13.9. The lowest BCUT2D eigenvalue weighted by molar-refractivity contribution is 0.669. The Kier molecular flexibility index (Phi) is 6.39. The summed E-state index contributed by atoms with van der Waals surface area (Å²) in [5.74, 6) is 0. The number of nitrogens with zero attached hydrogens (tertiary/aromatic N) is 1. The molecule has 0 aliphatic rings. The molecular weight excluding hydrogens is 615 g/mol. The Morgan fingerprint density at radius 1 is 0.408 bits per heavy atom. The van der Waals surface area contributed by atoms with Crippen molar-refractivity contribution in [2.45, 2.75) is 0 Å². The van der Waals surface area contributed by atoms with Crippen LogP contribution in [0, 0.1) is 0 Å². The van der Waals surface area contributed by atoms with E-state index >= 15 is 0 Å². The van der Waals surface area contributed by atoms with Crippen molar-refractivity contribution in [1.82, 2.24) is 0 Å². The molecule has 10 rings (SSSR count). The van der Waals surface area contributed by atoms with Gasteiger partial charge in [-0.05, 0) is 70.1 Å². The zero-order valence-corrected chi connectivity index (χ0v) is 27.3. The largest absolute Gasteiger partial charge is 0.456 e. The predicted molar refractivity (Wildman–Crippen MR) is 210 cm³/mol. The maximum absolute atomic E-state index is 6.43. The van der Waals surface area contributed by atoms with Crippen LogP contribution in [0.3, 0.4) is 0 Å². The first-order valence-corrected chi connectivity index (χ1v) is 17.4. The van der Waals surface area contributed by atoms with Crippen molar-refractivity contribution in [1.29, 1.82) is 0 Å². The molecule has 230 valence electrons. The van der Waals surface area contributed by atoms with E-state index in [0.717, 1.165) is 39.0 Å². The normalized spacial score (nSPS) is 11.7. The molecule has 0 spiro atoms. The topological polar surface area (TPSA) is 16.4 Å².